The first-order valence-electron chi connectivity index (χ1n) is 6.41. The third kappa shape index (κ3) is 2.69. The Morgan fingerprint density at radius 2 is 1.88 bits per heavy atom. The number of hydrogen-bond acceptors (Lipinski definition) is 2. The van der Waals surface area contributed by atoms with Gasteiger partial charge in [0.05, 0.1) is 0 Å². The number of hydrogen-bond donors (Lipinski definition) is 1. The van der Waals surface area contributed by atoms with Crippen LogP contribution >= 0.6 is 0 Å². The van der Waals surface area contributed by atoms with Gasteiger partial charge >= 0.3 is 6.09 Å². The minimum absolute atomic E-state index is 0.250. The molecule has 2 rings (SSSR count). The van der Waals surface area contributed by atoms with Crippen molar-refractivity contribution in [2.24, 2.45) is 5.41 Å². The molecule has 0 aliphatic heterocycles. The molecule has 1 amide bonds. The molecule has 0 heterocycles. The zero-order valence-electron chi connectivity index (χ0n) is 10.6. The van der Waals surface area contributed by atoms with Crippen molar-refractivity contribution in [3.63, 3.8) is 0 Å². The van der Waals surface area contributed by atoms with Crippen LogP contribution in [0.5, 0.6) is 0 Å². The zero-order chi connectivity index (χ0) is 11.8. The second kappa shape index (κ2) is 3.94. The van der Waals surface area contributed by atoms with E-state index in [1.807, 2.05) is 20.8 Å². The van der Waals surface area contributed by atoms with Crippen molar-refractivity contribution in [1.29, 1.82) is 0 Å². The molecule has 0 aromatic heterocycles. The fourth-order valence-corrected chi connectivity index (χ4v) is 2.81. The summed E-state index contributed by atoms with van der Waals surface area (Å²) >= 11 is 0. The Bertz CT molecular complexity index is 274. The molecule has 2 aliphatic carbocycles. The van der Waals surface area contributed by atoms with E-state index in [1.165, 1.54) is 32.1 Å². The number of amides is 1. The van der Waals surface area contributed by atoms with Crippen molar-refractivity contribution < 1.29 is 9.53 Å². The highest BCUT2D eigenvalue weighted by molar-refractivity contribution is 5.68. The van der Waals surface area contributed by atoms with Crippen molar-refractivity contribution in [2.75, 3.05) is 0 Å². The molecule has 1 N–H and O–H groups in total. The van der Waals surface area contributed by atoms with Crippen LogP contribution in [0.2, 0.25) is 0 Å². The predicted molar refractivity (Wildman–Crippen MR) is 63.3 cm³/mol. The molecule has 1 unspecified atom stereocenters. The summed E-state index contributed by atoms with van der Waals surface area (Å²) in [5.41, 5.74) is 0.0495. The maximum Gasteiger partial charge on any atom is 0.407 e. The molecule has 0 bridgehead atoms. The van der Waals surface area contributed by atoms with Crippen LogP contribution in [0.25, 0.3) is 0 Å². The van der Waals surface area contributed by atoms with Crippen LogP contribution in [0.1, 0.15) is 59.3 Å². The van der Waals surface area contributed by atoms with Crippen LogP contribution in [0.15, 0.2) is 0 Å². The quantitative estimate of drug-likeness (QED) is 0.744. The molecule has 3 nitrogen and oxygen atoms in total. The molecule has 3 heteroatoms. The molecule has 0 aromatic rings. The Balaban J connectivity index is 1.78. The summed E-state index contributed by atoms with van der Waals surface area (Å²) < 4.78 is 5.27. The lowest BCUT2D eigenvalue weighted by atomic mass is 9.86. The average molecular weight is 225 g/mol. The second-order valence-corrected chi connectivity index (χ2v) is 6.33. The van der Waals surface area contributed by atoms with Gasteiger partial charge in [-0.3, -0.25) is 0 Å². The standard InChI is InChI=1S/C13H23NO2/c1-12(2,3)16-11(15)14-10-9-13(10)7-5-4-6-8-13/h10H,4-9H2,1-3H3,(H,14,15). The van der Waals surface area contributed by atoms with E-state index in [0.29, 0.717) is 11.5 Å². The van der Waals surface area contributed by atoms with E-state index in [-0.39, 0.29) is 6.09 Å². The maximum atomic E-state index is 11.6. The van der Waals surface area contributed by atoms with Crippen molar-refractivity contribution in [3.8, 4) is 0 Å². The molecular weight excluding hydrogens is 202 g/mol. The highest BCUT2D eigenvalue weighted by Crippen LogP contribution is 2.56. The number of nitrogens with one attached hydrogen (secondary N) is 1. The van der Waals surface area contributed by atoms with Gasteiger partial charge in [0.2, 0.25) is 0 Å². The summed E-state index contributed by atoms with van der Waals surface area (Å²) in [7, 11) is 0. The smallest absolute Gasteiger partial charge is 0.407 e. The van der Waals surface area contributed by atoms with E-state index in [4.69, 9.17) is 4.74 Å². The van der Waals surface area contributed by atoms with Crippen LogP contribution in [-0.2, 0) is 4.74 Å². The summed E-state index contributed by atoms with van der Waals surface area (Å²) in [6.07, 6.45) is 7.49. The summed E-state index contributed by atoms with van der Waals surface area (Å²) in [6, 6.07) is 0.377. The van der Waals surface area contributed by atoms with Gasteiger partial charge in [0.25, 0.3) is 0 Å². The van der Waals surface area contributed by atoms with Crippen molar-refractivity contribution in [1.82, 2.24) is 5.32 Å². The van der Waals surface area contributed by atoms with Crippen LogP contribution in [0, 0.1) is 5.41 Å². The highest BCUT2D eigenvalue weighted by Gasteiger charge is 2.54. The fourth-order valence-electron chi connectivity index (χ4n) is 2.81. The summed E-state index contributed by atoms with van der Waals surface area (Å²) in [5.74, 6) is 0. The van der Waals surface area contributed by atoms with Crippen molar-refractivity contribution >= 4 is 6.09 Å². The number of alkyl carbamates (subject to hydrolysis) is 1. The molecule has 1 spiro atoms. The van der Waals surface area contributed by atoms with E-state index < -0.39 is 5.60 Å². The molecule has 1 atom stereocenters. The Hall–Kier alpha value is -0.730. The molecular formula is C13H23NO2. The molecule has 16 heavy (non-hydrogen) atoms. The molecule has 0 aromatic carbocycles. The predicted octanol–water partition coefficient (Wildman–Crippen LogP) is 3.23. The summed E-state index contributed by atoms with van der Waals surface area (Å²) in [5, 5.41) is 3.01. The van der Waals surface area contributed by atoms with Gasteiger partial charge in [-0.15, -0.1) is 0 Å². The molecule has 0 radical (unpaired) electrons. The van der Waals surface area contributed by atoms with Gasteiger partial charge < -0.3 is 10.1 Å². The molecule has 2 saturated carbocycles. The lowest BCUT2D eigenvalue weighted by molar-refractivity contribution is 0.0512. The number of carbonyl (C=O) groups excluding carboxylic acids is 1. The Kier molecular flexibility index (Phi) is 2.89. The maximum absolute atomic E-state index is 11.6. The summed E-state index contributed by atoms with van der Waals surface area (Å²) in [6.45, 7) is 5.70. The van der Waals surface area contributed by atoms with Crippen LogP contribution < -0.4 is 5.32 Å². The van der Waals surface area contributed by atoms with Gasteiger partial charge in [0, 0.05) is 6.04 Å². The minimum Gasteiger partial charge on any atom is -0.444 e. The van der Waals surface area contributed by atoms with E-state index in [1.54, 1.807) is 0 Å². The fraction of sp³-hybridized carbons (Fsp3) is 0.923. The van der Waals surface area contributed by atoms with Crippen molar-refractivity contribution in [3.05, 3.63) is 0 Å². The molecule has 92 valence electrons. The van der Waals surface area contributed by atoms with Gasteiger partial charge in [-0.1, -0.05) is 19.3 Å². The lowest BCUT2D eigenvalue weighted by Gasteiger charge is -2.24. The average Bonchev–Trinajstić information content (AvgIpc) is 2.75. The molecule has 0 saturated heterocycles. The number of ether oxygens (including phenoxy) is 1. The minimum atomic E-state index is -0.390. The first-order valence-corrected chi connectivity index (χ1v) is 6.41. The van der Waals surface area contributed by atoms with Gasteiger partial charge in [0.1, 0.15) is 5.60 Å². The van der Waals surface area contributed by atoms with E-state index in [2.05, 4.69) is 5.32 Å². The third-order valence-electron chi connectivity index (χ3n) is 3.73. The van der Waals surface area contributed by atoms with Crippen LogP contribution in [0.4, 0.5) is 4.79 Å². The van der Waals surface area contributed by atoms with E-state index in [9.17, 15) is 4.79 Å². The molecule has 2 aliphatic rings. The van der Waals surface area contributed by atoms with Crippen molar-refractivity contribution in [2.45, 2.75) is 70.9 Å². The van der Waals surface area contributed by atoms with Gasteiger partial charge in [-0.25, -0.2) is 4.79 Å². The van der Waals surface area contributed by atoms with Gasteiger partial charge in [-0.05, 0) is 45.4 Å². The van der Waals surface area contributed by atoms with Crippen LogP contribution in [0.3, 0.4) is 0 Å². The second-order valence-electron chi connectivity index (χ2n) is 6.33. The first kappa shape index (κ1) is 11.7. The Morgan fingerprint density at radius 3 is 2.44 bits per heavy atom. The third-order valence-corrected chi connectivity index (χ3v) is 3.73. The van der Waals surface area contributed by atoms with E-state index in [0.717, 1.165) is 6.42 Å². The Morgan fingerprint density at radius 1 is 1.25 bits per heavy atom. The normalized spacial score (nSPS) is 27.6. The molecule has 2 fully saturated rings. The topological polar surface area (TPSA) is 38.3 Å². The highest BCUT2D eigenvalue weighted by atomic mass is 16.6. The van der Waals surface area contributed by atoms with Gasteiger partial charge in [-0.2, -0.15) is 0 Å². The van der Waals surface area contributed by atoms with Gasteiger partial charge in [0.15, 0.2) is 0 Å². The number of rotatable bonds is 1. The largest absolute Gasteiger partial charge is 0.444 e. The number of carbonyl (C=O) groups is 1. The SMILES string of the molecule is CC(C)(C)OC(=O)NC1CC12CCCCC2. The van der Waals surface area contributed by atoms with Crippen LogP contribution in [-0.4, -0.2) is 17.7 Å². The monoisotopic (exact) mass is 225 g/mol. The Labute approximate surface area is 97.9 Å². The summed E-state index contributed by atoms with van der Waals surface area (Å²) in [4.78, 5) is 11.6. The lowest BCUT2D eigenvalue weighted by Crippen LogP contribution is -2.36. The zero-order valence-corrected chi connectivity index (χ0v) is 10.6. The first-order chi connectivity index (χ1) is 7.41. The van der Waals surface area contributed by atoms with E-state index >= 15 is 0 Å².